The van der Waals surface area contributed by atoms with Crippen molar-refractivity contribution in [2.24, 2.45) is 5.92 Å². The normalized spacial score (nSPS) is 16.7. The van der Waals surface area contributed by atoms with Crippen molar-refractivity contribution in [1.29, 1.82) is 0 Å². The predicted octanol–water partition coefficient (Wildman–Crippen LogP) is 3.55. The van der Waals surface area contributed by atoms with Crippen LogP contribution in [0.3, 0.4) is 0 Å². The highest BCUT2D eigenvalue weighted by Gasteiger charge is 2.28. The van der Waals surface area contributed by atoms with Crippen LogP contribution in [0.15, 0.2) is 41.1 Å². The molecule has 4 rings (SSSR count). The molecule has 1 amide bonds. The number of rotatable bonds is 5. The number of hydrogen-bond donors (Lipinski definition) is 0. The van der Waals surface area contributed by atoms with Crippen LogP contribution in [0.2, 0.25) is 0 Å². The number of likely N-dealkylation sites (tertiary alicyclic amines) is 1. The van der Waals surface area contributed by atoms with Crippen molar-refractivity contribution in [1.82, 2.24) is 19.6 Å². The summed E-state index contributed by atoms with van der Waals surface area (Å²) in [6.45, 7) is 8.32. The van der Waals surface area contributed by atoms with E-state index >= 15 is 0 Å². The minimum absolute atomic E-state index is 0.155. The summed E-state index contributed by atoms with van der Waals surface area (Å²) in [5.74, 6) is 2.33. The highest BCUT2D eigenvalue weighted by atomic mass is 16.5. The maximum absolute atomic E-state index is 12.8. The van der Waals surface area contributed by atoms with Gasteiger partial charge in [0.2, 0.25) is 5.91 Å². The van der Waals surface area contributed by atoms with Crippen LogP contribution in [0, 0.1) is 26.7 Å². The van der Waals surface area contributed by atoms with E-state index in [4.69, 9.17) is 4.52 Å². The molecule has 0 N–H and O–H groups in total. The maximum Gasteiger partial charge on any atom is 0.227 e. The molecule has 6 heteroatoms. The van der Waals surface area contributed by atoms with Gasteiger partial charge in [0.1, 0.15) is 11.6 Å². The second kappa shape index (κ2) is 7.62. The third kappa shape index (κ3) is 3.59. The van der Waals surface area contributed by atoms with E-state index in [0.29, 0.717) is 12.3 Å². The van der Waals surface area contributed by atoms with Gasteiger partial charge in [-0.15, -0.1) is 0 Å². The van der Waals surface area contributed by atoms with Crippen molar-refractivity contribution in [3.8, 4) is 11.4 Å². The van der Waals surface area contributed by atoms with E-state index in [1.165, 1.54) is 0 Å². The number of aryl methyl sites for hydroxylation is 3. The quantitative estimate of drug-likeness (QED) is 0.681. The van der Waals surface area contributed by atoms with E-state index in [1.54, 1.807) is 0 Å². The zero-order chi connectivity index (χ0) is 19.7. The van der Waals surface area contributed by atoms with Crippen molar-refractivity contribution in [3.05, 3.63) is 59.2 Å². The van der Waals surface area contributed by atoms with Gasteiger partial charge in [0.05, 0.1) is 12.1 Å². The van der Waals surface area contributed by atoms with Gasteiger partial charge in [-0.3, -0.25) is 4.79 Å². The van der Waals surface area contributed by atoms with E-state index in [2.05, 4.69) is 33.8 Å². The third-order valence-electron chi connectivity index (χ3n) is 5.68. The molecule has 2 aromatic heterocycles. The zero-order valence-corrected chi connectivity index (χ0v) is 16.7. The lowest BCUT2D eigenvalue weighted by Gasteiger charge is -2.18. The smallest absolute Gasteiger partial charge is 0.227 e. The molecule has 1 fully saturated rings. The van der Waals surface area contributed by atoms with Crippen molar-refractivity contribution in [3.63, 3.8) is 0 Å². The number of imidazole rings is 1. The Kier molecular flexibility index (Phi) is 5.03. The first-order valence-corrected chi connectivity index (χ1v) is 9.80. The van der Waals surface area contributed by atoms with Crippen LogP contribution in [0.5, 0.6) is 0 Å². The van der Waals surface area contributed by atoms with Gasteiger partial charge in [-0.05, 0) is 33.1 Å². The summed E-state index contributed by atoms with van der Waals surface area (Å²) >= 11 is 0. The van der Waals surface area contributed by atoms with Crippen LogP contribution in [-0.4, -0.2) is 38.6 Å². The van der Waals surface area contributed by atoms with E-state index in [0.717, 1.165) is 60.2 Å². The van der Waals surface area contributed by atoms with Crippen LogP contribution in [0.4, 0.5) is 0 Å². The minimum Gasteiger partial charge on any atom is -0.361 e. The topological polar surface area (TPSA) is 64.2 Å². The van der Waals surface area contributed by atoms with Crippen molar-refractivity contribution < 1.29 is 9.32 Å². The lowest BCUT2D eigenvalue weighted by Crippen LogP contribution is -2.31. The molecular formula is C22H26N4O2. The molecule has 1 unspecified atom stereocenters. The minimum atomic E-state index is 0.155. The van der Waals surface area contributed by atoms with Gasteiger partial charge in [0.15, 0.2) is 0 Å². The number of amides is 1. The van der Waals surface area contributed by atoms with Crippen molar-refractivity contribution in [2.45, 2.75) is 40.2 Å². The summed E-state index contributed by atoms with van der Waals surface area (Å²) in [7, 11) is 0. The van der Waals surface area contributed by atoms with Gasteiger partial charge >= 0.3 is 0 Å². The van der Waals surface area contributed by atoms with Crippen molar-refractivity contribution in [2.75, 3.05) is 13.1 Å². The first kappa shape index (κ1) is 18.5. The highest BCUT2D eigenvalue weighted by molar-refractivity contribution is 5.79. The number of carbonyl (C=O) groups is 1. The van der Waals surface area contributed by atoms with E-state index < -0.39 is 0 Å². The average Bonchev–Trinajstić information content (AvgIpc) is 3.39. The SMILES string of the molecule is Cc1noc(C)c1CC(=O)N1CCC(Cn2c(C)cnc2-c2ccccc2)C1. The lowest BCUT2D eigenvalue weighted by molar-refractivity contribution is -0.129. The number of hydrogen-bond acceptors (Lipinski definition) is 4. The molecule has 0 aliphatic carbocycles. The molecule has 3 heterocycles. The Morgan fingerprint density at radius 2 is 2.00 bits per heavy atom. The Morgan fingerprint density at radius 1 is 1.21 bits per heavy atom. The molecule has 0 radical (unpaired) electrons. The van der Waals surface area contributed by atoms with E-state index in [9.17, 15) is 4.79 Å². The molecule has 1 aromatic carbocycles. The molecule has 3 aromatic rings. The predicted molar refractivity (Wildman–Crippen MR) is 107 cm³/mol. The lowest BCUT2D eigenvalue weighted by atomic mass is 10.1. The first-order chi connectivity index (χ1) is 13.5. The fourth-order valence-corrected chi connectivity index (χ4v) is 3.99. The second-order valence-corrected chi connectivity index (χ2v) is 7.67. The molecule has 1 saturated heterocycles. The Morgan fingerprint density at radius 3 is 2.71 bits per heavy atom. The number of nitrogens with zero attached hydrogens (tertiary/aromatic N) is 4. The highest BCUT2D eigenvalue weighted by Crippen LogP contribution is 2.25. The van der Waals surface area contributed by atoms with Crippen LogP contribution < -0.4 is 0 Å². The standard InChI is InChI=1S/C22H26N4O2/c1-15-12-23-22(19-7-5-4-6-8-19)26(15)14-18-9-10-25(13-18)21(27)11-20-16(2)24-28-17(20)3/h4-8,12,18H,9-11,13-14H2,1-3H3. The molecule has 6 nitrogen and oxygen atoms in total. The summed E-state index contributed by atoms with van der Waals surface area (Å²) in [5.41, 5.74) is 4.01. The van der Waals surface area contributed by atoms with Gasteiger partial charge in [0.25, 0.3) is 0 Å². The molecule has 0 saturated carbocycles. The summed E-state index contributed by atoms with van der Waals surface area (Å²) < 4.78 is 7.47. The molecule has 146 valence electrons. The van der Waals surface area contributed by atoms with Crippen LogP contribution >= 0.6 is 0 Å². The second-order valence-electron chi connectivity index (χ2n) is 7.67. The maximum atomic E-state index is 12.8. The monoisotopic (exact) mass is 378 g/mol. The molecule has 28 heavy (non-hydrogen) atoms. The molecular weight excluding hydrogens is 352 g/mol. The number of aromatic nitrogens is 3. The van der Waals surface area contributed by atoms with Crippen LogP contribution in [0.1, 0.15) is 29.1 Å². The average molecular weight is 378 g/mol. The van der Waals surface area contributed by atoms with Gasteiger partial charge in [-0.1, -0.05) is 35.5 Å². The van der Waals surface area contributed by atoms with E-state index in [-0.39, 0.29) is 5.91 Å². The molecule has 1 aliphatic rings. The van der Waals surface area contributed by atoms with Crippen molar-refractivity contribution >= 4 is 5.91 Å². The van der Waals surface area contributed by atoms with Crippen LogP contribution in [-0.2, 0) is 17.8 Å². The fraction of sp³-hybridized carbons (Fsp3) is 0.409. The number of benzene rings is 1. The Hall–Kier alpha value is -2.89. The van der Waals surface area contributed by atoms with Gasteiger partial charge in [-0.25, -0.2) is 4.98 Å². The first-order valence-electron chi connectivity index (χ1n) is 9.80. The molecule has 1 aliphatic heterocycles. The van der Waals surface area contributed by atoms with Gasteiger partial charge in [-0.2, -0.15) is 0 Å². The molecule has 1 atom stereocenters. The third-order valence-corrected chi connectivity index (χ3v) is 5.68. The Balaban J connectivity index is 1.43. The molecule has 0 bridgehead atoms. The summed E-state index contributed by atoms with van der Waals surface area (Å²) in [6.07, 6.45) is 3.31. The van der Waals surface area contributed by atoms with Crippen LogP contribution in [0.25, 0.3) is 11.4 Å². The summed E-state index contributed by atoms with van der Waals surface area (Å²) in [5, 5.41) is 3.95. The van der Waals surface area contributed by atoms with Gasteiger partial charge in [0, 0.05) is 42.7 Å². The largest absolute Gasteiger partial charge is 0.361 e. The number of carbonyl (C=O) groups excluding carboxylic acids is 1. The molecule has 0 spiro atoms. The Bertz CT molecular complexity index is 954. The van der Waals surface area contributed by atoms with E-state index in [1.807, 2.05) is 43.1 Å². The Labute approximate surface area is 165 Å². The summed E-state index contributed by atoms with van der Waals surface area (Å²) in [6, 6.07) is 10.3. The zero-order valence-electron chi connectivity index (χ0n) is 16.7. The summed E-state index contributed by atoms with van der Waals surface area (Å²) in [4.78, 5) is 19.4. The fourth-order valence-electron chi connectivity index (χ4n) is 3.99. The van der Waals surface area contributed by atoms with Gasteiger partial charge < -0.3 is 14.0 Å².